The summed E-state index contributed by atoms with van der Waals surface area (Å²) in [4.78, 5) is 54.6. The van der Waals surface area contributed by atoms with Gasteiger partial charge in [-0.25, -0.2) is 9.49 Å². The fraction of sp³-hybridized carbons (Fsp3) is 0.295. The standard InChI is InChI=1S/C44H39F4N7O7/c1-43(60,26-62-30-12-9-27(24-49)10-13-30)42(59)51-29-22-35(44(46,47)48)34(25-50)38(23-29)61-19-5-4-8-39(56)54-15-17-55(18-16-54)41(58)33-20-28(11-14-36(33)45)21-37-31-6-2-3-7-32(31)40(57)53-52-37/h2-3,6-7,9-14,20,22-23,60H,4-5,8,15-19,21,26H2,1H3,(H,51,59)(H,53,57)/t43-/m1/s1. The molecule has 18 heteroatoms. The lowest BCUT2D eigenvalue weighted by atomic mass is 10.0. The molecule has 2 heterocycles. The molecule has 320 valence electrons. The molecule has 0 aliphatic carbocycles. The van der Waals surface area contributed by atoms with Crippen molar-refractivity contribution in [3.05, 3.63) is 129 Å². The van der Waals surface area contributed by atoms with Gasteiger partial charge in [-0.1, -0.05) is 24.3 Å². The highest BCUT2D eigenvalue weighted by atomic mass is 19.4. The number of nitrogens with zero attached hydrogens (tertiary/aromatic N) is 5. The van der Waals surface area contributed by atoms with E-state index in [1.165, 1.54) is 47.4 Å². The fourth-order valence-electron chi connectivity index (χ4n) is 6.71. The molecule has 3 amide bonds. The third kappa shape index (κ3) is 10.5. The number of amides is 3. The Morgan fingerprint density at radius 2 is 1.60 bits per heavy atom. The van der Waals surface area contributed by atoms with Gasteiger partial charge in [-0.15, -0.1) is 0 Å². The van der Waals surface area contributed by atoms with E-state index in [2.05, 4.69) is 15.5 Å². The van der Waals surface area contributed by atoms with Crippen molar-refractivity contribution in [3.63, 3.8) is 0 Å². The van der Waals surface area contributed by atoms with Crippen molar-refractivity contribution in [2.45, 2.75) is 44.4 Å². The number of piperazine rings is 1. The molecule has 0 unspecified atom stereocenters. The Morgan fingerprint density at radius 3 is 2.27 bits per heavy atom. The lowest BCUT2D eigenvalue weighted by Crippen LogP contribution is -2.50. The van der Waals surface area contributed by atoms with Crippen LogP contribution in [0.15, 0.2) is 83.7 Å². The molecule has 1 aromatic heterocycles. The molecular weight excluding hydrogens is 815 g/mol. The number of nitrogens with one attached hydrogen (secondary N) is 2. The van der Waals surface area contributed by atoms with Crippen molar-refractivity contribution in [1.29, 1.82) is 10.5 Å². The Hall–Kier alpha value is -7.31. The number of hydrogen-bond donors (Lipinski definition) is 3. The van der Waals surface area contributed by atoms with Gasteiger partial charge < -0.3 is 29.7 Å². The Bertz CT molecular complexity index is 2630. The molecule has 6 rings (SSSR count). The van der Waals surface area contributed by atoms with Crippen LogP contribution >= 0.6 is 0 Å². The number of fused-ring (bicyclic) bond motifs is 1. The molecule has 1 atom stereocenters. The molecule has 0 saturated carbocycles. The van der Waals surface area contributed by atoms with Crippen LogP contribution in [0.4, 0.5) is 23.2 Å². The van der Waals surface area contributed by atoms with Gasteiger partial charge in [0.05, 0.1) is 40.4 Å². The molecule has 14 nitrogen and oxygen atoms in total. The van der Waals surface area contributed by atoms with Gasteiger partial charge in [0.1, 0.15) is 35.6 Å². The van der Waals surface area contributed by atoms with Gasteiger partial charge in [0.2, 0.25) is 5.91 Å². The van der Waals surface area contributed by atoms with Crippen LogP contribution < -0.4 is 20.3 Å². The van der Waals surface area contributed by atoms with Crippen molar-refractivity contribution in [2.24, 2.45) is 0 Å². The number of H-pyrrole nitrogens is 1. The monoisotopic (exact) mass is 853 g/mol. The normalized spacial score (nSPS) is 13.7. The molecule has 0 radical (unpaired) electrons. The van der Waals surface area contributed by atoms with E-state index in [1.54, 1.807) is 35.2 Å². The van der Waals surface area contributed by atoms with Crippen LogP contribution in [-0.2, 0) is 22.2 Å². The minimum atomic E-state index is -5.01. The summed E-state index contributed by atoms with van der Waals surface area (Å²) in [6.45, 7) is 0.994. The quantitative estimate of drug-likeness (QED) is 0.0917. The van der Waals surface area contributed by atoms with Crippen LogP contribution in [-0.4, -0.2) is 87.8 Å². The molecule has 1 fully saturated rings. The van der Waals surface area contributed by atoms with Gasteiger partial charge >= 0.3 is 6.18 Å². The van der Waals surface area contributed by atoms with Gasteiger partial charge in [-0.3, -0.25) is 19.2 Å². The largest absolute Gasteiger partial charge is 0.492 e. The van der Waals surface area contributed by atoms with Crippen molar-refractivity contribution in [2.75, 3.05) is 44.7 Å². The first-order valence-electron chi connectivity index (χ1n) is 19.3. The first-order valence-corrected chi connectivity index (χ1v) is 19.3. The number of benzene rings is 4. The van der Waals surface area contributed by atoms with E-state index in [1.807, 2.05) is 6.07 Å². The van der Waals surface area contributed by atoms with Gasteiger partial charge in [0, 0.05) is 56.2 Å². The average molecular weight is 854 g/mol. The summed E-state index contributed by atoms with van der Waals surface area (Å²) in [5.41, 5.74) is -3.78. The van der Waals surface area contributed by atoms with Gasteiger partial charge in [-0.05, 0) is 73.9 Å². The zero-order valence-corrected chi connectivity index (χ0v) is 33.2. The van der Waals surface area contributed by atoms with Crippen LogP contribution in [0.1, 0.15) is 64.5 Å². The number of aromatic amines is 1. The van der Waals surface area contributed by atoms with E-state index in [-0.39, 0.29) is 81.2 Å². The van der Waals surface area contributed by atoms with Crippen molar-refractivity contribution in [1.82, 2.24) is 20.0 Å². The molecule has 4 aromatic carbocycles. The van der Waals surface area contributed by atoms with E-state index in [0.717, 1.165) is 13.0 Å². The summed E-state index contributed by atoms with van der Waals surface area (Å²) in [6, 6.07) is 22.0. The van der Waals surface area contributed by atoms with Crippen molar-refractivity contribution in [3.8, 4) is 23.6 Å². The second-order valence-electron chi connectivity index (χ2n) is 14.7. The summed E-state index contributed by atoms with van der Waals surface area (Å²) in [5, 5.41) is 39.3. The molecule has 0 spiro atoms. The maximum atomic E-state index is 15.0. The smallest absolute Gasteiger partial charge is 0.417 e. The van der Waals surface area contributed by atoms with E-state index in [9.17, 15) is 47.1 Å². The molecule has 5 aromatic rings. The summed E-state index contributed by atoms with van der Waals surface area (Å²) in [6.07, 6.45) is -4.26. The van der Waals surface area contributed by atoms with Crippen LogP contribution in [0.5, 0.6) is 11.5 Å². The molecule has 3 N–H and O–H groups in total. The molecule has 1 aliphatic rings. The number of unbranched alkanes of at least 4 members (excludes halogenated alkanes) is 1. The van der Waals surface area contributed by atoms with E-state index in [0.29, 0.717) is 33.7 Å². The Labute approximate surface area is 351 Å². The number of aromatic nitrogens is 2. The van der Waals surface area contributed by atoms with Gasteiger partial charge in [-0.2, -0.15) is 28.8 Å². The predicted octanol–water partition coefficient (Wildman–Crippen LogP) is 5.72. The summed E-state index contributed by atoms with van der Waals surface area (Å²) in [5.74, 6) is -2.83. The first kappa shape index (κ1) is 44.2. The number of anilines is 1. The van der Waals surface area contributed by atoms with Crippen LogP contribution in [0.2, 0.25) is 0 Å². The van der Waals surface area contributed by atoms with E-state index >= 15 is 0 Å². The Kier molecular flexibility index (Phi) is 13.5. The number of carbonyl (C=O) groups is 3. The molecule has 62 heavy (non-hydrogen) atoms. The van der Waals surface area contributed by atoms with Crippen LogP contribution in [0.25, 0.3) is 10.8 Å². The predicted molar refractivity (Wildman–Crippen MR) is 215 cm³/mol. The maximum Gasteiger partial charge on any atom is 0.417 e. The van der Waals surface area contributed by atoms with Crippen LogP contribution in [0, 0.1) is 28.5 Å². The van der Waals surface area contributed by atoms with E-state index in [4.69, 9.17) is 14.7 Å². The molecule has 1 aliphatic heterocycles. The van der Waals surface area contributed by atoms with Gasteiger partial charge in [0.15, 0.2) is 5.60 Å². The fourth-order valence-corrected chi connectivity index (χ4v) is 6.71. The third-order valence-corrected chi connectivity index (χ3v) is 10.1. The second-order valence-corrected chi connectivity index (χ2v) is 14.7. The molecule has 0 bridgehead atoms. The van der Waals surface area contributed by atoms with Crippen molar-refractivity contribution >= 4 is 34.2 Å². The lowest BCUT2D eigenvalue weighted by molar-refractivity contribution is -0.138. The van der Waals surface area contributed by atoms with Crippen LogP contribution in [0.3, 0.4) is 0 Å². The Balaban J connectivity index is 0.997. The number of carbonyl (C=O) groups excluding carboxylic acids is 3. The third-order valence-electron chi connectivity index (χ3n) is 10.1. The zero-order chi connectivity index (χ0) is 44.6. The highest BCUT2D eigenvalue weighted by Crippen LogP contribution is 2.38. The number of ether oxygens (including phenoxy) is 2. The molecule has 1 saturated heterocycles. The number of alkyl halides is 3. The SMILES string of the molecule is C[C@@](O)(COc1ccc(C#N)cc1)C(=O)Nc1cc(OCCCCC(=O)N2CCN(C(=O)c3cc(Cc4n[nH]c(=O)c5ccccc45)ccc3F)CC2)c(C#N)c(C(F)(F)F)c1. The zero-order valence-electron chi connectivity index (χ0n) is 33.2. The summed E-state index contributed by atoms with van der Waals surface area (Å²) < 4.78 is 68.1. The highest BCUT2D eigenvalue weighted by molar-refractivity contribution is 5.97. The summed E-state index contributed by atoms with van der Waals surface area (Å²) >= 11 is 0. The lowest BCUT2D eigenvalue weighted by Gasteiger charge is -2.35. The maximum absolute atomic E-state index is 15.0. The molecular formula is C44H39F4N7O7. The topological polar surface area (TPSA) is 202 Å². The highest BCUT2D eigenvalue weighted by Gasteiger charge is 2.37. The average Bonchev–Trinajstić information content (AvgIpc) is 3.26. The number of halogens is 4. The minimum Gasteiger partial charge on any atom is -0.492 e. The summed E-state index contributed by atoms with van der Waals surface area (Å²) in [7, 11) is 0. The number of rotatable bonds is 14. The Morgan fingerprint density at radius 1 is 0.903 bits per heavy atom. The first-order chi connectivity index (χ1) is 29.6. The van der Waals surface area contributed by atoms with E-state index < -0.39 is 58.6 Å². The second kappa shape index (κ2) is 18.9. The number of hydrogen-bond acceptors (Lipinski definition) is 10. The van der Waals surface area contributed by atoms with Gasteiger partial charge in [0.25, 0.3) is 17.4 Å². The van der Waals surface area contributed by atoms with Crippen molar-refractivity contribution < 1.29 is 46.5 Å². The minimum absolute atomic E-state index is 0.0517. The number of nitriles is 2. The number of aliphatic hydroxyl groups is 1.